The highest BCUT2D eigenvalue weighted by atomic mass is 127. The van der Waals surface area contributed by atoms with Crippen LogP contribution in [0.3, 0.4) is 0 Å². The highest BCUT2D eigenvalue weighted by Gasteiger charge is 2.16. The second kappa shape index (κ2) is 10.4. The predicted octanol–water partition coefficient (Wildman–Crippen LogP) is 5.02. The molecule has 5 nitrogen and oxygen atoms in total. The van der Waals surface area contributed by atoms with E-state index < -0.39 is 11.7 Å². The summed E-state index contributed by atoms with van der Waals surface area (Å²) < 4.78 is 15.1. The van der Waals surface area contributed by atoms with E-state index in [1.165, 1.54) is 12.1 Å². The van der Waals surface area contributed by atoms with E-state index in [1.807, 2.05) is 6.07 Å². The Morgan fingerprint density at radius 2 is 2.04 bits per heavy atom. The second-order valence-electron chi connectivity index (χ2n) is 5.27. The van der Waals surface area contributed by atoms with Crippen LogP contribution in [-0.4, -0.2) is 24.2 Å². The fourth-order valence-corrected chi connectivity index (χ4v) is 3.28. The molecule has 0 bridgehead atoms. The molecule has 0 saturated heterocycles. The molecule has 2 rings (SSSR count). The number of carbonyl (C=O) groups is 1. The molecule has 0 spiro atoms. The quantitative estimate of drug-likeness (QED) is 0.242. The molecule has 0 aliphatic rings. The maximum atomic E-state index is 14.0. The molecular formula is C17H16BrClFIN2O3. The third kappa shape index (κ3) is 6.05. The van der Waals surface area contributed by atoms with Gasteiger partial charge in [-0.2, -0.15) is 0 Å². The van der Waals surface area contributed by atoms with Gasteiger partial charge in [-0.05, 0) is 81.7 Å². The molecule has 0 atom stereocenters. The Bertz CT molecular complexity index is 795. The minimum absolute atomic E-state index is 0.0626. The van der Waals surface area contributed by atoms with Gasteiger partial charge in [0.25, 0.3) is 5.91 Å². The third-order valence-corrected chi connectivity index (χ3v) is 4.92. The summed E-state index contributed by atoms with van der Waals surface area (Å²) in [6.45, 7) is 0.327. The molecule has 1 amide bonds. The average molecular weight is 558 g/mol. The molecule has 0 unspecified atom stereocenters. The van der Waals surface area contributed by atoms with E-state index in [0.29, 0.717) is 23.6 Å². The normalized spacial score (nSPS) is 10.7. The number of hydrogen-bond donors (Lipinski definition) is 3. The average Bonchev–Trinajstić information content (AvgIpc) is 2.60. The van der Waals surface area contributed by atoms with E-state index in [9.17, 15) is 9.18 Å². The number of benzene rings is 2. The van der Waals surface area contributed by atoms with Crippen LogP contribution in [0.15, 0.2) is 34.8 Å². The number of hydrogen-bond acceptors (Lipinski definition) is 4. The molecule has 2 aromatic carbocycles. The number of aliphatic hydroxyl groups is 1. The van der Waals surface area contributed by atoms with Crippen molar-refractivity contribution < 1.29 is 19.1 Å². The second-order valence-corrected chi connectivity index (χ2v) is 7.78. The van der Waals surface area contributed by atoms with E-state index in [1.54, 1.807) is 12.1 Å². The van der Waals surface area contributed by atoms with Gasteiger partial charge in [-0.1, -0.05) is 11.6 Å². The third-order valence-electron chi connectivity index (χ3n) is 3.32. The highest BCUT2D eigenvalue weighted by Crippen LogP contribution is 2.31. The lowest BCUT2D eigenvalue weighted by atomic mass is 10.1. The summed E-state index contributed by atoms with van der Waals surface area (Å²) >= 11 is 11.4. The fourth-order valence-electron chi connectivity index (χ4n) is 2.03. The van der Waals surface area contributed by atoms with Crippen molar-refractivity contribution in [2.24, 2.45) is 0 Å². The smallest absolute Gasteiger partial charge is 0.276 e. The monoisotopic (exact) mass is 556 g/mol. The maximum absolute atomic E-state index is 14.0. The van der Waals surface area contributed by atoms with Gasteiger partial charge in [-0.25, -0.2) is 9.87 Å². The number of anilines is 2. The topological polar surface area (TPSA) is 70.6 Å². The first-order valence-electron chi connectivity index (χ1n) is 7.66. The van der Waals surface area contributed by atoms with Gasteiger partial charge in [-0.15, -0.1) is 0 Å². The van der Waals surface area contributed by atoms with Gasteiger partial charge in [0.1, 0.15) is 5.82 Å². The SMILES string of the molecule is O=C(NOCCCCO)c1cc(Br)c(F)cc1Nc1ccc(I)cc1Cl. The molecule has 140 valence electrons. The van der Waals surface area contributed by atoms with Crippen molar-refractivity contribution in [3.63, 3.8) is 0 Å². The van der Waals surface area contributed by atoms with Gasteiger partial charge < -0.3 is 10.4 Å². The number of amides is 1. The number of rotatable bonds is 8. The summed E-state index contributed by atoms with van der Waals surface area (Å²) in [5.74, 6) is -1.05. The Morgan fingerprint density at radius 1 is 1.27 bits per heavy atom. The zero-order valence-electron chi connectivity index (χ0n) is 13.5. The number of aliphatic hydroxyl groups excluding tert-OH is 1. The Balaban J connectivity index is 2.20. The molecule has 0 aliphatic carbocycles. The lowest BCUT2D eigenvalue weighted by molar-refractivity contribution is 0.0289. The number of unbranched alkanes of at least 4 members (excludes halogenated alkanes) is 1. The largest absolute Gasteiger partial charge is 0.396 e. The Morgan fingerprint density at radius 3 is 2.73 bits per heavy atom. The highest BCUT2D eigenvalue weighted by molar-refractivity contribution is 14.1. The first-order valence-corrected chi connectivity index (χ1v) is 9.91. The summed E-state index contributed by atoms with van der Waals surface area (Å²) in [7, 11) is 0. The van der Waals surface area contributed by atoms with Crippen molar-refractivity contribution in [3.8, 4) is 0 Å². The van der Waals surface area contributed by atoms with Crippen LogP contribution in [0.4, 0.5) is 15.8 Å². The van der Waals surface area contributed by atoms with Gasteiger partial charge in [0.2, 0.25) is 0 Å². The molecule has 26 heavy (non-hydrogen) atoms. The molecule has 9 heteroatoms. The van der Waals surface area contributed by atoms with E-state index >= 15 is 0 Å². The van der Waals surface area contributed by atoms with Crippen LogP contribution in [0.25, 0.3) is 0 Å². The van der Waals surface area contributed by atoms with E-state index in [0.717, 1.165) is 3.57 Å². The first kappa shape index (κ1) is 21.4. The lowest BCUT2D eigenvalue weighted by Crippen LogP contribution is -2.25. The van der Waals surface area contributed by atoms with Crippen LogP contribution >= 0.6 is 50.1 Å². The van der Waals surface area contributed by atoms with Gasteiger partial charge in [0.05, 0.1) is 33.0 Å². The van der Waals surface area contributed by atoms with Crippen LogP contribution in [-0.2, 0) is 4.84 Å². The molecule has 0 aliphatic heterocycles. The van der Waals surface area contributed by atoms with Crippen molar-refractivity contribution in [1.82, 2.24) is 5.48 Å². The van der Waals surface area contributed by atoms with Gasteiger partial charge in [-0.3, -0.25) is 9.63 Å². The van der Waals surface area contributed by atoms with Gasteiger partial charge in [0, 0.05) is 10.2 Å². The Kier molecular flexibility index (Phi) is 8.55. The van der Waals surface area contributed by atoms with Crippen molar-refractivity contribution in [3.05, 3.63) is 54.8 Å². The first-order chi connectivity index (χ1) is 12.4. The van der Waals surface area contributed by atoms with Gasteiger partial charge in [0.15, 0.2) is 0 Å². The molecule has 0 radical (unpaired) electrons. The molecule has 2 aromatic rings. The minimum Gasteiger partial charge on any atom is -0.396 e. The summed E-state index contributed by atoms with van der Waals surface area (Å²) in [5.41, 5.74) is 3.31. The van der Waals surface area contributed by atoms with Crippen LogP contribution in [0.5, 0.6) is 0 Å². The lowest BCUT2D eigenvalue weighted by Gasteiger charge is -2.14. The van der Waals surface area contributed by atoms with E-state index in [-0.39, 0.29) is 28.9 Å². The van der Waals surface area contributed by atoms with Crippen molar-refractivity contribution in [2.75, 3.05) is 18.5 Å². The molecule has 3 N–H and O–H groups in total. The fraction of sp³-hybridized carbons (Fsp3) is 0.235. The number of halogens is 4. The molecule has 0 aromatic heterocycles. The zero-order chi connectivity index (χ0) is 19.1. The molecular weight excluding hydrogens is 541 g/mol. The zero-order valence-corrected chi connectivity index (χ0v) is 18.0. The van der Waals surface area contributed by atoms with Crippen LogP contribution in [0.1, 0.15) is 23.2 Å². The molecule has 0 fully saturated rings. The maximum Gasteiger partial charge on any atom is 0.276 e. The van der Waals surface area contributed by atoms with E-state index in [2.05, 4.69) is 49.3 Å². The summed E-state index contributed by atoms with van der Waals surface area (Å²) in [4.78, 5) is 17.5. The van der Waals surface area contributed by atoms with Crippen molar-refractivity contribution >= 4 is 67.4 Å². The Hall–Kier alpha value is -0.940. The summed E-state index contributed by atoms with van der Waals surface area (Å²) in [5, 5.41) is 12.2. The van der Waals surface area contributed by atoms with Crippen LogP contribution in [0, 0.1) is 9.39 Å². The minimum atomic E-state index is -0.529. The number of nitrogens with one attached hydrogen (secondary N) is 2. The molecule has 0 heterocycles. The van der Waals surface area contributed by atoms with Gasteiger partial charge >= 0.3 is 0 Å². The standard InChI is InChI=1S/C17H16BrClFIN2O3/c18-12-8-11(17(25)23-26-6-2-1-5-24)16(9-14(12)20)22-15-4-3-10(21)7-13(15)19/h3-4,7-9,22,24H,1-2,5-6H2,(H,23,25). The van der Waals surface area contributed by atoms with Crippen LogP contribution in [0.2, 0.25) is 5.02 Å². The number of carbonyl (C=O) groups excluding carboxylic acids is 1. The van der Waals surface area contributed by atoms with Crippen molar-refractivity contribution in [2.45, 2.75) is 12.8 Å². The van der Waals surface area contributed by atoms with Crippen molar-refractivity contribution in [1.29, 1.82) is 0 Å². The molecule has 0 saturated carbocycles. The predicted molar refractivity (Wildman–Crippen MR) is 111 cm³/mol. The Labute approximate surface area is 177 Å². The summed E-state index contributed by atoms with van der Waals surface area (Å²) in [6.07, 6.45) is 1.18. The van der Waals surface area contributed by atoms with Crippen LogP contribution < -0.4 is 10.8 Å². The van der Waals surface area contributed by atoms with E-state index in [4.69, 9.17) is 21.5 Å². The number of hydroxylamine groups is 1. The summed E-state index contributed by atoms with van der Waals surface area (Å²) in [6, 6.07) is 7.92.